The van der Waals surface area contributed by atoms with Crippen LogP contribution in [0.3, 0.4) is 0 Å². The third kappa shape index (κ3) is 3.11. The molecule has 14 heavy (non-hydrogen) atoms. The number of rotatable bonds is 4. The lowest BCUT2D eigenvalue weighted by atomic mass is 9.82. The molecule has 0 aromatic rings. The third-order valence-electron chi connectivity index (χ3n) is 2.37. The first-order valence-corrected chi connectivity index (χ1v) is 8.68. The molecule has 2 nitrogen and oxygen atoms in total. The van der Waals surface area contributed by atoms with Gasteiger partial charge in [0.2, 0.25) is 0 Å². The van der Waals surface area contributed by atoms with E-state index in [9.17, 15) is 5.26 Å². The smallest absolute Gasteiger partial charge is 0.185 e. The van der Waals surface area contributed by atoms with E-state index in [-0.39, 0.29) is 11.8 Å². The lowest BCUT2D eigenvalue weighted by Gasteiger charge is -2.39. The quantitative estimate of drug-likeness (QED) is 0.670. The molecule has 0 atom stereocenters. The summed E-state index contributed by atoms with van der Waals surface area (Å²) in [5.41, 5.74) is -0.607. The lowest BCUT2D eigenvalue weighted by molar-refractivity contribution is 0.0255. The van der Waals surface area contributed by atoms with Crippen LogP contribution in [0.15, 0.2) is 0 Å². The third-order valence-corrected chi connectivity index (χ3v) is 3.32. The van der Waals surface area contributed by atoms with Crippen LogP contribution in [0, 0.1) is 23.2 Å². The van der Waals surface area contributed by atoms with Crippen molar-refractivity contribution < 1.29 is 4.43 Å². The second kappa shape index (κ2) is 4.46. The Morgan fingerprint density at radius 1 is 1.07 bits per heavy atom. The van der Waals surface area contributed by atoms with Gasteiger partial charge in [0, 0.05) is 0 Å². The van der Waals surface area contributed by atoms with Crippen molar-refractivity contribution in [1.29, 1.82) is 5.26 Å². The standard InChI is InChI=1S/C11H23NOSi/c1-9(2)11(8-12,10(3)4)13-14(5,6)7/h9-10H,1-7H3. The monoisotopic (exact) mass is 213 g/mol. The van der Waals surface area contributed by atoms with Gasteiger partial charge in [-0.2, -0.15) is 5.26 Å². The normalized spacial score (nSPS) is 13.4. The van der Waals surface area contributed by atoms with Crippen LogP contribution in [0.2, 0.25) is 19.6 Å². The average Bonchev–Trinajstić information content (AvgIpc) is 1.97. The molecule has 82 valence electrons. The van der Waals surface area contributed by atoms with Gasteiger partial charge in [-0.1, -0.05) is 27.7 Å². The van der Waals surface area contributed by atoms with Crippen LogP contribution in [0.5, 0.6) is 0 Å². The van der Waals surface area contributed by atoms with Crippen molar-refractivity contribution in [2.45, 2.75) is 52.9 Å². The second-order valence-corrected chi connectivity index (χ2v) is 9.86. The highest BCUT2D eigenvalue weighted by Gasteiger charge is 2.41. The molecule has 0 aliphatic heterocycles. The molecule has 0 unspecified atom stereocenters. The zero-order chi connectivity index (χ0) is 11.6. The maximum absolute atomic E-state index is 9.33. The highest BCUT2D eigenvalue weighted by atomic mass is 28.4. The summed E-state index contributed by atoms with van der Waals surface area (Å²) in [6.45, 7) is 14.6. The number of hydrogen-bond acceptors (Lipinski definition) is 2. The molecule has 0 fully saturated rings. The number of nitrogens with zero attached hydrogens (tertiary/aromatic N) is 1. The molecule has 0 spiro atoms. The summed E-state index contributed by atoms with van der Waals surface area (Å²) in [7, 11) is -1.66. The maximum Gasteiger partial charge on any atom is 0.185 e. The molecule has 0 aromatic heterocycles. The van der Waals surface area contributed by atoms with E-state index in [2.05, 4.69) is 53.4 Å². The summed E-state index contributed by atoms with van der Waals surface area (Å²) in [6.07, 6.45) is 0. The van der Waals surface area contributed by atoms with Crippen molar-refractivity contribution in [3.8, 4) is 6.07 Å². The molecule has 0 aromatic carbocycles. The zero-order valence-electron chi connectivity index (χ0n) is 10.5. The van der Waals surface area contributed by atoms with Crippen molar-refractivity contribution in [3.05, 3.63) is 0 Å². The highest BCUT2D eigenvalue weighted by molar-refractivity contribution is 6.69. The fourth-order valence-corrected chi connectivity index (χ4v) is 3.22. The minimum atomic E-state index is -1.66. The van der Waals surface area contributed by atoms with E-state index in [0.717, 1.165) is 0 Å². The minimum Gasteiger partial charge on any atom is -0.399 e. The molecule has 0 bridgehead atoms. The summed E-state index contributed by atoms with van der Waals surface area (Å²) in [4.78, 5) is 0. The van der Waals surface area contributed by atoms with Crippen molar-refractivity contribution in [2.75, 3.05) is 0 Å². The SMILES string of the molecule is CC(C)C(C#N)(O[Si](C)(C)C)C(C)C. The van der Waals surface area contributed by atoms with E-state index in [0.29, 0.717) is 0 Å². The lowest BCUT2D eigenvalue weighted by Crippen LogP contribution is -2.49. The Hall–Kier alpha value is -0.333. The van der Waals surface area contributed by atoms with E-state index in [1.54, 1.807) is 0 Å². The van der Waals surface area contributed by atoms with E-state index in [1.165, 1.54) is 0 Å². The summed E-state index contributed by atoms with van der Waals surface area (Å²) >= 11 is 0. The molecule has 0 aliphatic carbocycles. The van der Waals surface area contributed by atoms with Gasteiger partial charge in [-0.05, 0) is 31.5 Å². The van der Waals surface area contributed by atoms with Crippen LogP contribution in [0.4, 0.5) is 0 Å². The molecular weight excluding hydrogens is 190 g/mol. The largest absolute Gasteiger partial charge is 0.399 e. The Kier molecular flexibility index (Phi) is 4.35. The summed E-state index contributed by atoms with van der Waals surface area (Å²) < 4.78 is 6.08. The molecule has 0 N–H and O–H groups in total. The van der Waals surface area contributed by atoms with Crippen molar-refractivity contribution in [3.63, 3.8) is 0 Å². The van der Waals surface area contributed by atoms with Crippen molar-refractivity contribution in [1.82, 2.24) is 0 Å². The van der Waals surface area contributed by atoms with Crippen LogP contribution in [-0.4, -0.2) is 13.9 Å². The number of hydrogen-bond donors (Lipinski definition) is 0. The predicted octanol–water partition coefficient (Wildman–Crippen LogP) is 3.41. The first-order valence-electron chi connectivity index (χ1n) is 5.27. The molecule has 0 heterocycles. The predicted molar refractivity (Wildman–Crippen MR) is 62.5 cm³/mol. The van der Waals surface area contributed by atoms with Gasteiger partial charge in [-0.3, -0.25) is 0 Å². The topological polar surface area (TPSA) is 33.0 Å². The van der Waals surface area contributed by atoms with Gasteiger partial charge in [-0.25, -0.2) is 0 Å². The Morgan fingerprint density at radius 2 is 1.43 bits per heavy atom. The Balaban J connectivity index is 5.00. The van der Waals surface area contributed by atoms with Gasteiger partial charge >= 0.3 is 0 Å². The van der Waals surface area contributed by atoms with E-state index >= 15 is 0 Å². The molecule has 3 heteroatoms. The summed E-state index contributed by atoms with van der Waals surface area (Å²) in [5, 5.41) is 9.33. The van der Waals surface area contributed by atoms with Gasteiger partial charge in [0.15, 0.2) is 8.32 Å². The molecule has 0 saturated heterocycles. The summed E-state index contributed by atoms with van der Waals surface area (Å²) in [6, 6.07) is 2.38. The van der Waals surface area contributed by atoms with Gasteiger partial charge in [0.05, 0.1) is 6.07 Å². The van der Waals surface area contributed by atoms with Crippen LogP contribution in [-0.2, 0) is 4.43 Å². The molecular formula is C11H23NOSi. The van der Waals surface area contributed by atoms with Crippen LogP contribution < -0.4 is 0 Å². The van der Waals surface area contributed by atoms with Gasteiger partial charge in [0.25, 0.3) is 0 Å². The Bertz CT molecular complexity index is 214. The van der Waals surface area contributed by atoms with Crippen LogP contribution in [0.25, 0.3) is 0 Å². The number of nitriles is 1. The van der Waals surface area contributed by atoms with Crippen LogP contribution in [0.1, 0.15) is 27.7 Å². The van der Waals surface area contributed by atoms with Gasteiger partial charge < -0.3 is 4.43 Å². The summed E-state index contributed by atoms with van der Waals surface area (Å²) in [5.74, 6) is 0.471. The first-order chi connectivity index (χ1) is 6.15. The van der Waals surface area contributed by atoms with E-state index < -0.39 is 13.9 Å². The molecule has 0 rings (SSSR count). The van der Waals surface area contributed by atoms with Gasteiger partial charge in [-0.15, -0.1) is 0 Å². The van der Waals surface area contributed by atoms with E-state index in [4.69, 9.17) is 4.43 Å². The fourth-order valence-electron chi connectivity index (χ4n) is 1.69. The van der Waals surface area contributed by atoms with Crippen molar-refractivity contribution >= 4 is 8.32 Å². The van der Waals surface area contributed by atoms with E-state index in [1.807, 2.05) is 0 Å². The van der Waals surface area contributed by atoms with Crippen molar-refractivity contribution in [2.24, 2.45) is 11.8 Å². The van der Waals surface area contributed by atoms with Gasteiger partial charge in [0.1, 0.15) is 5.60 Å². The molecule has 0 aliphatic rings. The first kappa shape index (κ1) is 13.7. The second-order valence-electron chi connectivity index (χ2n) is 5.43. The minimum absolute atomic E-state index is 0.235. The maximum atomic E-state index is 9.33. The molecule has 0 amide bonds. The molecule has 0 radical (unpaired) electrons. The average molecular weight is 213 g/mol. The fraction of sp³-hybridized carbons (Fsp3) is 0.909. The highest BCUT2D eigenvalue weighted by Crippen LogP contribution is 2.32. The Labute approximate surface area is 89.4 Å². The van der Waals surface area contributed by atoms with Crippen LogP contribution >= 0.6 is 0 Å². The molecule has 0 saturated carbocycles. The zero-order valence-corrected chi connectivity index (χ0v) is 11.5. The Morgan fingerprint density at radius 3 is 1.50 bits per heavy atom.